The van der Waals surface area contributed by atoms with Gasteiger partial charge in [-0.3, -0.25) is 0 Å². The predicted molar refractivity (Wildman–Crippen MR) is 152 cm³/mol. The topological polar surface area (TPSA) is 33.3 Å². The van der Waals surface area contributed by atoms with E-state index in [1.54, 1.807) is 0 Å². The van der Waals surface area contributed by atoms with Crippen LogP contribution in [-0.2, 0) is 16.2 Å². The first-order valence-electron chi connectivity index (χ1n) is 11.7. The van der Waals surface area contributed by atoms with Crippen molar-refractivity contribution in [1.82, 2.24) is 10.6 Å². The molecular weight excluding hydrogens is 564 g/mol. The predicted octanol–water partition coefficient (Wildman–Crippen LogP) is 6.38. The van der Waals surface area contributed by atoms with Crippen molar-refractivity contribution >= 4 is 33.3 Å². The Bertz CT molecular complexity index is 1210. The van der Waals surface area contributed by atoms with Gasteiger partial charge in [0, 0.05) is 0 Å². The second-order valence-corrected chi connectivity index (χ2v) is 11.1. The van der Waals surface area contributed by atoms with E-state index < -0.39 is 0 Å². The fraction of sp³-hybridized carbons (Fsp3) is 0.310. The van der Waals surface area contributed by atoms with Crippen molar-refractivity contribution in [1.29, 1.82) is 0 Å². The van der Waals surface area contributed by atoms with Crippen molar-refractivity contribution < 1.29 is 21.0 Å². The maximum absolute atomic E-state index is 6.18. The van der Waals surface area contributed by atoms with E-state index in [0.717, 1.165) is 24.4 Å². The Balaban J connectivity index is 0.00000216. The standard InChI is InChI=1S/C26H28O.C3H6N2.2ClH.Ru/c1-18(2)22-13-7-6-11-20(22)17-21-12-10-16-25(26(21)27-5)24-15-9-8-14-23(24)19(3)4;1-2-5-3-4-1;;;/h6-16,18-19H,1-5H3;4-5H,1-2H2;2*1H;. The van der Waals surface area contributed by atoms with Crippen LogP contribution in [0.1, 0.15) is 61.8 Å². The second kappa shape index (κ2) is 13.6. The molecule has 2 N–H and O–H groups in total. The van der Waals surface area contributed by atoms with Gasteiger partial charge in [0.25, 0.3) is 0 Å². The maximum Gasteiger partial charge on any atom is -0.147 e. The Morgan fingerprint density at radius 1 is 0.714 bits per heavy atom. The van der Waals surface area contributed by atoms with Gasteiger partial charge in [-0.25, -0.2) is 0 Å². The zero-order valence-corrected chi connectivity index (χ0v) is 24.4. The Labute approximate surface area is 229 Å². The number of hydrogen-bond donors (Lipinski definition) is 2. The smallest absolute Gasteiger partial charge is 0.147 e. The molecule has 0 radical (unpaired) electrons. The van der Waals surface area contributed by atoms with Crippen LogP contribution in [0.4, 0.5) is 0 Å². The average molecular weight is 601 g/mol. The number of para-hydroxylation sites is 1. The molecule has 3 aromatic rings. The minimum atomic E-state index is -0.211. The minimum absolute atomic E-state index is 0. The first-order chi connectivity index (χ1) is 16.0. The molecule has 35 heavy (non-hydrogen) atoms. The molecule has 6 heteroatoms. The molecule has 1 fully saturated rings. The Morgan fingerprint density at radius 2 is 1.26 bits per heavy atom. The van der Waals surface area contributed by atoms with E-state index in [-0.39, 0.29) is 41.0 Å². The second-order valence-electron chi connectivity index (χ2n) is 8.92. The quantitative estimate of drug-likeness (QED) is 0.322. The van der Waals surface area contributed by atoms with Gasteiger partial charge >= 0.3 is 206 Å². The molecular formula is C29H36Cl2N2ORu. The van der Waals surface area contributed by atoms with Gasteiger partial charge in [-0.05, 0) is 0 Å². The summed E-state index contributed by atoms with van der Waals surface area (Å²) in [6.07, 6.45) is 0. The summed E-state index contributed by atoms with van der Waals surface area (Å²) >= 11 is -0.211. The van der Waals surface area contributed by atoms with Gasteiger partial charge in [-0.1, -0.05) is 0 Å². The zero-order chi connectivity index (χ0) is 23.4. The third-order valence-electron chi connectivity index (χ3n) is 5.99. The van der Waals surface area contributed by atoms with E-state index in [1.165, 1.54) is 36.3 Å². The van der Waals surface area contributed by atoms with Crippen LogP contribution in [0.3, 0.4) is 0 Å². The van der Waals surface area contributed by atoms with Crippen LogP contribution in [0.15, 0.2) is 66.7 Å². The molecule has 1 aliphatic rings. The van der Waals surface area contributed by atoms with Crippen LogP contribution in [-0.4, -0.2) is 28.7 Å². The summed E-state index contributed by atoms with van der Waals surface area (Å²) in [6.45, 7) is 11.0. The SMILES string of the molecule is COc1c([C](=[Ru]=[C]2NCCN2)c2ccccc2C(C)C)cccc1-c1ccccc1C(C)C.Cl.Cl. The molecule has 3 nitrogen and oxygen atoms in total. The van der Waals surface area contributed by atoms with Gasteiger partial charge in [0.1, 0.15) is 0 Å². The van der Waals surface area contributed by atoms with Gasteiger partial charge in [0.2, 0.25) is 0 Å². The molecule has 0 bridgehead atoms. The van der Waals surface area contributed by atoms with Crippen LogP contribution >= 0.6 is 24.8 Å². The number of methoxy groups -OCH3 is 1. The Hall–Kier alpha value is -1.68. The van der Waals surface area contributed by atoms with Crippen LogP contribution in [0.5, 0.6) is 5.75 Å². The van der Waals surface area contributed by atoms with Crippen LogP contribution < -0.4 is 15.4 Å². The van der Waals surface area contributed by atoms with Crippen molar-refractivity contribution in [2.75, 3.05) is 20.2 Å². The van der Waals surface area contributed by atoms with Gasteiger partial charge in [0.15, 0.2) is 0 Å². The summed E-state index contributed by atoms with van der Waals surface area (Å²) in [5.74, 6) is 1.85. The molecule has 4 rings (SSSR count). The van der Waals surface area contributed by atoms with Crippen LogP contribution in [0.25, 0.3) is 11.1 Å². The number of nitrogens with one attached hydrogen (secondary N) is 2. The Morgan fingerprint density at radius 3 is 1.89 bits per heavy atom. The molecule has 3 aromatic carbocycles. The van der Waals surface area contributed by atoms with Gasteiger partial charge in [0.05, 0.1) is 0 Å². The van der Waals surface area contributed by atoms with Crippen molar-refractivity contribution in [3.63, 3.8) is 0 Å². The summed E-state index contributed by atoms with van der Waals surface area (Å²) in [7, 11) is 1.81. The van der Waals surface area contributed by atoms with Crippen molar-refractivity contribution in [2.45, 2.75) is 39.5 Å². The van der Waals surface area contributed by atoms with E-state index in [0.29, 0.717) is 11.8 Å². The van der Waals surface area contributed by atoms with Gasteiger partial charge < -0.3 is 0 Å². The number of rotatable bonds is 6. The number of halogens is 2. The van der Waals surface area contributed by atoms with E-state index in [1.807, 2.05) is 7.11 Å². The van der Waals surface area contributed by atoms with Gasteiger partial charge in [-0.2, -0.15) is 0 Å². The summed E-state index contributed by atoms with van der Waals surface area (Å²) in [6, 6.07) is 24.2. The Kier molecular flexibility index (Phi) is 11.5. The molecule has 0 atom stereocenters. The fourth-order valence-electron chi connectivity index (χ4n) is 4.37. The third-order valence-corrected chi connectivity index (χ3v) is 8.41. The van der Waals surface area contributed by atoms with Crippen molar-refractivity contribution in [3.8, 4) is 16.9 Å². The molecule has 1 aliphatic heterocycles. The summed E-state index contributed by atoms with van der Waals surface area (Å²) in [5.41, 5.74) is 7.68. The molecule has 0 saturated carbocycles. The summed E-state index contributed by atoms with van der Waals surface area (Å²) in [5, 5.41) is 7.13. The molecule has 190 valence electrons. The summed E-state index contributed by atoms with van der Waals surface area (Å²) in [4.78, 5) is 0. The molecule has 1 heterocycles. The normalized spacial score (nSPS) is 12.9. The maximum atomic E-state index is 6.18. The van der Waals surface area contributed by atoms with Crippen LogP contribution in [0, 0.1) is 0 Å². The average Bonchev–Trinajstić information content (AvgIpc) is 3.35. The molecule has 1 saturated heterocycles. The zero-order valence-electron chi connectivity index (χ0n) is 21.0. The van der Waals surface area contributed by atoms with E-state index in [9.17, 15) is 0 Å². The third kappa shape index (κ3) is 6.56. The number of ether oxygens (including phenoxy) is 1. The van der Waals surface area contributed by atoms with E-state index >= 15 is 0 Å². The molecule has 0 aliphatic carbocycles. The van der Waals surface area contributed by atoms with E-state index in [4.69, 9.17) is 4.74 Å². The monoisotopic (exact) mass is 600 g/mol. The molecule has 0 spiro atoms. The number of benzene rings is 3. The first-order valence-corrected chi connectivity index (χ1v) is 13.4. The minimum Gasteiger partial charge on any atom is -0.147 e. The largest absolute Gasteiger partial charge is 0.147 e. The van der Waals surface area contributed by atoms with Gasteiger partial charge in [-0.15, -0.1) is 24.8 Å². The van der Waals surface area contributed by atoms with Crippen molar-refractivity contribution in [2.24, 2.45) is 0 Å². The summed E-state index contributed by atoms with van der Waals surface area (Å²) < 4.78 is 8.82. The molecule has 0 unspecified atom stereocenters. The number of hydrogen-bond acceptors (Lipinski definition) is 3. The first kappa shape index (κ1) is 29.6. The molecule has 0 amide bonds. The fourth-order valence-corrected chi connectivity index (χ4v) is 6.75. The van der Waals surface area contributed by atoms with E-state index in [2.05, 4.69) is 105 Å². The van der Waals surface area contributed by atoms with Crippen molar-refractivity contribution in [3.05, 3.63) is 89.0 Å². The van der Waals surface area contributed by atoms with Crippen LogP contribution in [0.2, 0.25) is 0 Å². The molecule has 0 aromatic heterocycles.